The molecule has 0 aliphatic carbocycles. The maximum absolute atomic E-state index is 13.9. The second-order valence-corrected chi connectivity index (χ2v) is 5.60. The number of rotatable bonds is 2. The van der Waals surface area contributed by atoms with Gasteiger partial charge in [0.05, 0.1) is 5.02 Å². The monoisotopic (exact) mass is 310 g/mol. The van der Waals surface area contributed by atoms with Gasteiger partial charge in [0.25, 0.3) is 0 Å². The maximum Gasteiger partial charge on any atom is 0.142 e. The van der Waals surface area contributed by atoms with Gasteiger partial charge in [-0.2, -0.15) is 0 Å². The Hall–Kier alpha value is -1.65. The molecule has 3 rings (SSSR count). The minimum absolute atomic E-state index is 0.0807. The summed E-state index contributed by atoms with van der Waals surface area (Å²) >= 11 is 5.52. The lowest BCUT2D eigenvalue weighted by molar-refractivity contribution is 0.214. The van der Waals surface area contributed by atoms with E-state index in [0.29, 0.717) is 5.56 Å². The average molecular weight is 311 g/mol. The molecule has 1 aliphatic rings. The van der Waals surface area contributed by atoms with E-state index in [4.69, 9.17) is 16.3 Å². The molecule has 2 aromatic rings. The lowest BCUT2D eigenvalue weighted by Gasteiger charge is -2.14. The van der Waals surface area contributed by atoms with Crippen LogP contribution in [0.25, 0.3) is 0 Å². The van der Waals surface area contributed by atoms with Crippen molar-refractivity contribution < 1.29 is 18.6 Å². The third-order valence-corrected chi connectivity index (χ3v) is 3.86. The van der Waals surface area contributed by atoms with Crippen molar-refractivity contribution in [2.75, 3.05) is 0 Å². The van der Waals surface area contributed by atoms with Gasteiger partial charge >= 0.3 is 0 Å². The Morgan fingerprint density at radius 1 is 1.24 bits per heavy atom. The molecule has 0 fully saturated rings. The standard InChI is InChI=1S/C16H13ClF2O2/c1-8-4-10-5-9(2-3-15(10)21-8)16(20)11-6-14(19)12(17)7-13(11)18/h2-3,5-8,16,20H,4H2,1H3. The van der Waals surface area contributed by atoms with Crippen molar-refractivity contribution in [1.82, 2.24) is 0 Å². The SMILES string of the molecule is CC1Cc2cc(C(O)c3cc(F)c(Cl)cc3F)ccc2O1. The second kappa shape index (κ2) is 5.28. The second-order valence-electron chi connectivity index (χ2n) is 5.19. The van der Waals surface area contributed by atoms with Gasteiger partial charge in [-0.3, -0.25) is 0 Å². The molecular formula is C16H13ClF2O2. The van der Waals surface area contributed by atoms with Crippen LogP contribution < -0.4 is 4.74 Å². The van der Waals surface area contributed by atoms with Gasteiger partial charge in [-0.1, -0.05) is 17.7 Å². The highest BCUT2D eigenvalue weighted by molar-refractivity contribution is 6.30. The first-order valence-corrected chi connectivity index (χ1v) is 6.95. The van der Waals surface area contributed by atoms with Crippen molar-refractivity contribution in [2.24, 2.45) is 0 Å². The quantitative estimate of drug-likeness (QED) is 0.849. The first-order chi connectivity index (χ1) is 9.95. The molecule has 0 saturated heterocycles. The zero-order valence-corrected chi connectivity index (χ0v) is 12.0. The van der Waals surface area contributed by atoms with Crippen LogP contribution in [-0.4, -0.2) is 11.2 Å². The minimum atomic E-state index is -1.25. The number of halogens is 3. The van der Waals surface area contributed by atoms with Crippen LogP contribution in [0.5, 0.6) is 5.75 Å². The van der Waals surface area contributed by atoms with Gasteiger partial charge in [0.2, 0.25) is 0 Å². The molecule has 1 aliphatic heterocycles. The van der Waals surface area contributed by atoms with Crippen LogP contribution in [0.3, 0.4) is 0 Å². The Morgan fingerprint density at radius 3 is 2.76 bits per heavy atom. The molecule has 2 aromatic carbocycles. The third kappa shape index (κ3) is 2.61. The molecule has 2 atom stereocenters. The fourth-order valence-corrected chi connectivity index (χ4v) is 2.69. The van der Waals surface area contributed by atoms with Crippen LogP contribution in [0.15, 0.2) is 30.3 Å². The van der Waals surface area contributed by atoms with E-state index < -0.39 is 17.7 Å². The number of hydrogen-bond acceptors (Lipinski definition) is 2. The number of aliphatic hydroxyl groups excluding tert-OH is 1. The number of benzene rings is 2. The third-order valence-electron chi connectivity index (χ3n) is 3.57. The summed E-state index contributed by atoms with van der Waals surface area (Å²) in [5.41, 5.74) is 1.31. The predicted molar refractivity (Wildman–Crippen MR) is 75.7 cm³/mol. The van der Waals surface area contributed by atoms with Gasteiger partial charge in [-0.15, -0.1) is 0 Å². The van der Waals surface area contributed by atoms with Crippen molar-refractivity contribution in [1.29, 1.82) is 0 Å². The van der Waals surface area contributed by atoms with Crippen LogP contribution in [0, 0.1) is 11.6 Å². The summed E-state index contributed by atoms with van der Waals surface area (Å²) < 4.78 is 32.9. The van der Waals surface area contributed by atoms with Gasteiger partial charge in [0.15, 0.2) is 0 Å². The summed E-state index contributed by atoms with van der Waals surface area (Å²) in [5, 5.41) is 9.99. The number of fused-ring (bicyclic) bond motifs is 1. The number of ether oxygens (including phenoxy) is 1. The van der Waals surface area contributed by atoms with E-state index in [9.17, 15) is 13.9 Å². The predicted octanol–water partition coefficient (Wildman–Crippen LogP) is 4.02. The molecule has 110 valence electrons. The van der Waals surface area contributed by atoms with E-state index >= 15 is 0 Å². The Balaban J connectivity index is 1.98. The average Bonchev–Trinajstić information content (AvgIpc) is 2.81. The number of hydrogen-bond donors (Lipinski definition) is 1. The topological polar surface area (TPSA) is 29.5 Å². The van der Waals surface area contributed by atoms with E-state index in [-0.39, 0.29) is 16.7 Å². The van der Waals surface area contributed by atoms with Crippen LogP contribution in [0.4, 0.5) is 8.78 Å². The van der Waals surface area contributed by atoms with Gasteiger partial charge < -0.3 is 9.84 Å². The molecule has 2 nitrogen and oxygen atoms in total. The lowest BCUT2D eigenvalue weighted by atomic mass is 9.98. The summed E-state index contributed by atoms with van der Waals surface area (Å²) in [6, 6.07) is 6.94. The molecule has 0 amide bonds. The molecule has 2 unspecified atom stereocenters. The van der Waals surface area contributed by atoms with Crippen molar-refractivity contribution in [3.05, 3.63) is 63.7 Å². The van der Waals surface area contributed by atoms with E-state index in [1.807, 2.05) is 6.92 Å². The van der Waals surface area contributed by atoms with E-state index in [2.05, 4.69) is 0 Å². The summed E-state index contributed by atoms with van der Waals surface area (Å²) in [6.07, 6.45) is -0.442. The molecule has 0 bridgehead atoms. The summed E-state index contributed by atoms with van der Waals surface area (Å²) in [7, 11) is 0. The molecule has 1 heterocycles. The molecule has 0 radical (unpaired) electrons. The van der Waals surface area contributed by atoms with Crippen molar-refractivity contribution in [3.8, 4) is 5.75 Å². The van der Waals surface area contributed by atoms with Crippen LogP contribution in [-0.2, 0) is 6.42 Å². The Bertz CT molecular complexity index is 703. The molecule has 0 spiro atoms. The molecule has 5 heteroatoms. The Morgan fingerprint density at radius 2 is 2.00 bits per heavy atom. The van der Waals surface area contributed by atoms with E-state index in [0.717, 1.165) is 29.9 Å². The summed E-state index contributed by atoms with van der Waals surface area (Å²) in [5.74, 6) is -0.731. The normalized spacial score (nSPS) is 18.2. The van der Waals surface area contributed by atoms with Crippen molar-refractivity contribution >= 4 is 11.6 Å². The first-order valence-electron chi connectivity index (χ1n) is 6.57. The van der Waals surface area contributed by atoms with Crippen LogP contribution >= 0.6 is 11.6 Å². The highest BCUT2D eigenvalue weighted by Gasteiger charge is 2.23. The molecular weight excluding hydrogens is 298 g/mol. The Labute approximate surface area is 125 Å². The van der Waals surface area contributed by atoms with Gasteiger partial charge in [-0.25, -0.2) is 8.78 Å². The highest BCUT2D eigenvalue weighted by Crippen LogP contribution is 2.34. The highest BCUT2D eigenvalue weighted by atomic mass is 35.5. The molecule has 0 aromatic heterocycles. The minimum Gasteiger partial charge on any atom is -0.490 e. The zero-order chi connectivity index (χ0) is 15.1. The lowest BCUT2D eigenvalue weighted by Crippen LogP contribution is -2.05. The Kier molecular flexibility index (Phi) is 3.59. The van der Waals surface area contributed by atoms with Gasteiger partial charge in [0, 0.05) is 12.0 Å². The van der Waals surface area contributed by atoms with Crippen molar-refractivity contribution in [3.63, 3.8) is 0 Å². The molecule has 0 saturated carbocycles. The molecule has 1 N–H and O–H groups in total. The summed E-state index contributed by atoms with van der Waals surface area (Å²) in [4.78, 5) is 0. The molecule has 21 heavy (non-hydrogen) atoms. The first kappa shape index (κ1) is 14.3. The van der Waals surface area contributed by atoms with E-state index in [1.54, 1.807) is 18.2 Å². The largest absolute Gasteiger partial charge is 0.490 e. The van der Waals surface area contributed by atoms with Gasteiger partial charge in [-0.05, 0) is 42.3 Å². The van der Waals surface area contributed by atoms with Crippen LogP contribution in [0.1, 0.15) is 29.7 Å². The summed E-state index contributed by atoms with van der Waals surface area (Å²) in [6.45, 7) is 1.95. The van der Waals surface area contributed by atoms with Crippen LogP contribution in [0.2, 0.25) is 5.02 Å². The fraction of sp³-hybridized carbons (Fsp3) is 0.250. The van der Waals surface area contributed by atoms with E-state index in [1.165, 1.54) is 0 Å². The van der Waals surface area contributed by atoms with Gasteiger partial charge in [0.1, 0.15) is 29.6 Å². The number of aliphatic hydroxyl groups is 1. The fourth-order valence-electron chi connectivity index (χ4n) is 2.54. The maximum atomic E-state index is 13.9. The van der Waals surface area contributed by atoms with Crippen molar-refractivity contribution in [2.45, 2.75) is 25.6 Å². The smallest absolute Gasteiger partial charge is 0.142 e. The zero-order valence-electron chi connectivity index (χ0n) is 11.2.